The molecule has 0 saturated carbocycles. The zero-order chi connectivity index (χ0) is 11.8. The van der Waals surface area contributed by atoms with Gasteiger partial charge in [-0.3, -0.25) is 0 Å². The fourth-order valence-corrected chi connectivity index (χ4v) is 1.50. The van der Waals surface area contributed by atoms with Gasteiger partial charge in [0.05, 0.1) is 0 Å². The molecule has 0 aromatic carbocycles. The highest BCUT2D eigenvalue weighted by atomic mass is 14.1. The van der Waals surface area contributed by atoms with Crippen LogP contribution in [-0.4, -0.2) is 0 Å². The Morgan fingerprint density at radius 2 is 0.600 bits per heavy atom. The molecule has 0 heteroatoms. The summed E-state index contributed by atoms with van der Waals surface area (Å²) in [5.41, 5.74) is 1.10. The molecule has 0 saturated heterocycles. The maximum atomic E-state index is 2.27. The average molecular weight is 297 g/mol. The van der Waals surface area contributed by atoms with E-state index >= 15 is 0 Å². The summed E-state index contributed by atoms with van der Waals surface area (Å²) in [4.78, 5) is 0. The molecule has 0 radical (unpaired) electrons. The van der Waals surface area contributed by atoms with Crippen molar-refractivity contribution in [3.63, 3.8) is 0 Å². The zero-order valence-electron chi connectivity index (χ0n) is 11.8. The lowest BCUT2D eigenvalue weighted by Crippen LogP contribution is -2.02. The Balaban J connectivity index is -0.0000000185. The first kappa shape index (κ1) is 50.1. The lowest BCUT2D eigenvalue weighted by atomic mass is 9.91. The van der Waals surface area contributed by atoms with Gasteiger partial charge in [0.2, 0.25) is 0 Å². The second-order valence-corrected chi connectivity index (χ2v) is 6.62. The maximum absolute atomic E-state index is 2.27. The lowest BCUT2D eigenvalue weighted by molar-refractivity contribution is 0.373. The molecular weight excluding hydrogens is 240 g/mol. The molecule has 136 valence electrons. The topological polar surface area (TPSA) is 0 Å². The van der Waals surface area contributed by atoms with Gasteiger partial charge in [0.1, 0.15) is 0 Å². The summed E-state index contributed by atoms with van der Waals surface area (Å²) in [5.74, 6) is 0. The predicted octanol–water partition coefficient (Wildman–Crippen LogP) is 9.48. The van der Waals surface area contributed by atoms with Crippen molar-refractivity contribution in [3.05, 3.63) is 0 Å². The Morgan fingerprint density at radius 1 is 0.450 bits per heavy atom. The molecule has 0 aliphatic rings. The normalized spacial score (nSPS) is 8.40. The number of rotatable bonds is 2. The van der Waals surface area contributed by atoms with Crippen LogP contribution in [-0.2, 0) is 0 Å². The van der Waals surface area contributed by atoms with Gasteiger partial charge in [-0.1, -0.05) is 113 Å². The summed E-state index contributed by atoms with van der Waals surface area (Å²) in [5, 5.41) is 0. The van der Waals surface area contributed by atoms with E-state index in [0.29, 0.717) is 10.8 Å². The summed E-state index contributed by atoms with van der Waals surface area (Å²) in [6, 6.07) is 0. The van der Waals surface area contributed by atoms with Gasteiger partial charge in [0.15, 0.2) is 0 Å². The fourth-order valence-electron chi connectivity index (χ4n) is 1.50. The van der Waals surface area contributed by atoms with E-state index in [4.69, 9.17) is 0 Å². The minimum absolute atomic E-state index is 0. The zero-order valence-corrected chi connectivity index (χ0v) is 11.8. The van der Waals surface area contributed by atoms with Crippen LogP contribution in [0.3, 0.4) is 0 Å². The van der Waals surface area contributed by atoms with Crippen LogP contribution < -0.4 is 0 Å². The van der Waals surface area contributed by atoms with Gasteiger partial charge in [-0.15, -0.1) is 0 Å². The molecule has 0 aromatic heterocycles. The molecule has 0 heterocycles. The standard InChI is InChI=1S/2C7H16.6CH4/c2*1-5-6-7(2,3)4;;;;;;/h2*5-6H2,1-4H3;6*1H4. The SMILES string of the molecule is C.C.C.C.C.C.CCCC(C)(C)C.CCCC(C)(C)C. The number of hydrogen-bond acceptors (Lipinski definition) is 0. The van der Waals surface area contributed by atoms with Gasteiger partial charge in [0, 0.05) is 0 Å². The van der Waals surface area contributed by atoms with Crippen LogP contribution in [0, 0.1) is 10.8 Å². The molecule has 0 nitrogen and oxygen atoms in total. The summed E-state index contributed by atoms with van der Waals surface area (Å²) in [7, 11) is 0. The second kappa shape index (κ2) is 24.0. The van der Waals surface area contributed by atoms with E-state index in [9.17, 15) is 0 Å². The first-order valence-corrected chi connectivity index (χ1v) is 6.12. The quantitative estimate of drug-likeness (QED) is 0.476. The Kier molecular flexibility index (Phi) is 60.3. The summed E-state index contributed by atoms with van der Waals surface area (Å²) in [6.45, 7) is 18.1. The second-order valence-electron chi connectivity index (χ2n) is 6.62. The van der Waals surface area contributed by atoms with E-state index in [1.165, 1.54) is 25.7 Å². The molecule has 0 rings (SSSR count). The van der Waals surface area contributed by atoms with Gasteiger partial charge < -0.3 is 0 Å². The van der Waals surface area contributed by atoms with Crippen LogP contribution in [0.1, 0.15) is 126 Å². The first-order valence-electron chi connectivity index (χ1n) is 6.12. The minimum atomic E-state index is 0. The van der Waals surface area contributed by atoms with Crippen molar-refractivity contribution in [2.24, 2.45) is 10.8 Å². The van der Waals surface area contributed by atoms with Crippen molar-refractivity contribution in [1.82, 2.24) is 0 Å². The molecule has 0 atom stereocenters. The van der Waals surface area contributed by atoms with Crippen LogP contribution in [0.25, 0.3) is 0 Å². The Morgan fingerprint density at radius 3 is 0.600 bits per heavy atom. The van der Waals surface area contributed by atoms with E-state index in [1.54, 1.807) is 0 Å². The summed E-state index contributed by atoms with van der Waals surface area (Å²) >= 11 is 0. The van der Waals surface area contributed by atoms with Crippen LogP contribution in [0.2, 0.25) is 0 Å². The van der Waals surface area contributed by atoms with Gasteiger partial charge >= 0.3 is 0 Å². The molecule has 0 spiro atoms. The van der Waals surface area contributed by atoms with Crippen molar-refractivity contribution in [1.29, 1.82) is 0 Å². The van der Waals surface area contributed by atoms with Crippen LogP contribution in [0.5, 0.6) is 0 Å². The van der Waals surface area contributed by atoms with E-state index in [2.05, 4.69) is 55.4 Å². The smallest absolute Gasteiger partial charge is 0.0383 e. The van der Waals surface area contributed by atoms with Gasteiger partial charge in [-0.2, -0.15) is 0 Å². The molecule has 20 heavy (non-hydrogen) atoms. The Labute approximate surface area is 137 Å². The van der Waals surface area contributed by atoms with E-state index < -0.39 is 0 Å². The predicted molar refractivity (Wildman–Crippen MR) is 109 cm³/mol. The van der Waals surface area contributed by atoms with Crippen molar-refractivity contribution in [3.8, 4) is 0 Å². The van der Waals surface area contributed by atoms with E-state index in [0.717, 1.165) is 0 Å². The summed E-state index contributed by atoms with van der Waals surface area (Å²) < 4.78 is 0. The van der Waals surface area contributed by atoms with Gasteiger partial charge in [-0.05, 0) is 23.7 Å². The number of hydrogen-bond donors (Lipinski definition) is 0. The average Bonchev–Trinajstić information content (AvgIpc) is 1.81. The largest absolute Gasteiger partial charge is 0.0776 e. The van der Waals surface area contributed by atoms with Gasteiger partial charge in [0.25, 0.3) is 0 Å². The third-order valence-corrected chi connectivity index (χ3v) is 2.00. The van der Waals surface area contributed by atoms with Crippen molar-refractivity contribution >= 4 is 0 Å². The molecule has 0 fully saturated rings. The van der Waals surface area contributed by atoms with E-state index in [1.807, 2.05) is 0 Å². The van der Waals surface area contributed by atoms with E-state index in [-0.39, 0.29) is 44.6 Å². The van der Waals surface area contributed by atoms with Crippen molar-refractivity contribution in [2.75, 3.05) is 0 Å². The van der Waals surface area contributed by atoms with Crippen LogP contribution in [0.4, 0.5) is 0 Å². The minimum Gasteiger partial charge on any atom is -0.0776 e. The first-order chi connectivity index (χ1) is 6.12. The Hall–Kier alpha value is 0. The fraction of sp³-hybridized carbons (Fsp3) is 1.00. The van der Waals surface area contributed by atoms with Crippen molar-refractivity contribution < 1.29 is 0 Å². The molecule has 0 aliphatic heterocycles. The molecular formula is C20H56. The highest BCUT2D eigenvalue weighted by Gasteiger charge is 2.06. The highest BCUT2D eigenvalue weighted by molar-refractivity contribution is 4.58. The lowest BCUT2D eigenvalue weighted by Gasteiger charge is -2.15. The third kappa shape index (κ3) is 81.3. The van der Waals surface area contributed by atoms with Crippen molar-refractivity contribution in [2.45, 2.75) is 126 Å². The summed E-state index contributed by atoms with van der Waals surface area (Å²) in [6.07, 6.45) is 5.30. The molecule has 0 bridgehead atoms. The monoisotopic (exact) mass is 296 g/mol. The molecule has 0 aliphatic carbocycles. The maximum Gasteiger partial charge on any atom is -0.0383 e. The molecule has 0 unspecified atom stereocenters. The molecule has 0 aromatic rings. The van der Waals surface area contributed by atoms with Crippen LogP contribution in [0.15, 0.2) is 0 Å². The third-order valence-electron chi connectivity index (χ3n) is 2.00. The Bertz CT molecular complexity index is 93.0. The van der Waals surface area contributed by atoms with Gasteiger partial charge in [-0.25, -0.2) is 0 Å². The molecule has 0 amide bonds. The highest BCUT2D eigenvalue weighted by Crippen LogP contribution is 2.19. The molecule has 0 N–H and O–H groups in total. The van der Waals surface area contributed by atoms with Crippen LogP contribution >= 0.6 is 0 Å².